The Kier molecular flexibility index (Phi) is 1.98. The second kappa shape index (κ2) is 3.14. The standard InChI is InChI=1S/C9H12N4/c1-8-5-10-6-9(11-8)13-4-3-12(2)7-13/h3-6H,7H2,1-2H3/p+1. The monoisotopic (exact) mass is 177 g/mol. The quantitative estimate of drug-likeness (QED) is 0.630. The number of nitrogens with one attached hydrogen (secondary N) is 1. The van der Waals surface area contributed by atoms with Crippen LogP contribution >= 0.6 is 0 Å². The molecule has 4 nitrogen and oxygen atoms in total. The lowest BCUT2D eigenvalue weighted by Crippen LogP contribution is -3.03. The second-order valence-corrected chi connectivity index (χ2v) is 3.31. The van der Waals surface area contributed by atoms with Gasteiger partial charge in [-0.2, -0.15) is 0 Å². The van der Waals surface area contributed by atoms with E-state index in [1.165, 1.54) is 4.90 Å². The summed E-state index contributed by atoms with van der Waals surface area (Å²) in [5.74, 6) is 0.924. The Labute approximate surface area is 77.5 Å². The van der Waals surface area contributed by atoms with Crippen LogP contribution in [0.3, 0.4) is 0 Å². The Morgan fingerprint density at radius 2 is 2.31 bits per heavy atom. The van der Waals surface area contributed by atoms with E-state index in [1.807, 2.05) is 13.1 Å². The molecule has 1 atom stereocenters. The number of hydrogen-bond donors (Lipinski definition) is 1. The number of hydrogen-bond acceptors (Lipinski definition) is 3. The van der Waals surface area contributed by atoms with Crippen LogP contribution in [0.1, 0.15) is 5.69 Å². The van der Waals surface area contributed by atoms with Gasteiger partial charge in [-0.25, -0.2) is 4.98 Å². The van der Waals surface area contributed by atoms with Gasteiger partial charge in [0.1, 0.15) is 6.20 Å². The molecule has 1 aromatic heterocycles. The summed E-state index contributed by atoms with van der Waals surface area (Å²) in [6, 6.07) is 0. The van der Waals surface area contributed by atoms with Gasteiger partial charge >= 0.3 is 0 Å². The zero-order chi connectivity index (χ0) is 9.26. The molecular formula is C9H13N4+. The molecule has 0 fully saturated rings. The molecule has 0 radical (unpaired) electrons. The molecule has 1 aliphatic rings. The third kappa shape index (κ3) is 1.67. The summed E-state index contributed by atoms with van der Waals surface area (Å²) in [5, 5.41) is 0. The van der Waals surface area contributed by atoms with Crippen LogP contribution in [-0.2, 0) is 0 Å². The first kappa shape index (κ1) is 8.19. The minimum Gasteiger partial charge on any atom is -0.292 e. The largest absolute Gasteiger partial charge is 0.292 e. The van der Waals surface area contributed by atoms with E-state index in [-0.39, 0.29) is 0 Å². The molecule has 13 heavy (non-hydrogen) atoms. The summed E-state index contributed by atoms with van der Waals surface area (Å²) in [6.07, 6.45) is 7.69. The van der Waals surface area contributed by atoms with Gasteiger partial charge in [0, 0.05) is 6.20 Å². The van der Waals surface area contributed by atoms with Crippen molar-refractivity contribution in [1.82, 2.24) is 9.97 Å². The van der Waals surface area contributed by atoms with Crippen molar-refractivity contribution in [3.8, 4) is 0 Å². The van der Waals surface area contributed by atoms with E-state index in [4.69, 9.17) is 0 Å². The van der Waals surface area contributed by atoms with Crippen LogP contribution in [0.15, 0.2) is 24.8 Å². The summed E-state index contributed by atoms with van der Waals surface area (Å²) in [4.78, 5) is 11.9. The predicted octanol–water partition coefficient (Wildman–Crippen LogP) is -0.452. The normalized spacial score (nSPS) is 21.1. The van der Waals surface area contributed by atoms with Gasteiger partial charge in [-0.15, -0.1) is 0 Å². The smallest absolute Gasteiger partial charge is 0.162 e. The molecule has 0 saturated carbocycles. The van der Waals surface area contributed by atoms with Crippen LogP contribution in [0.2, 0.25) is 0 Å². The lowest BCUT2D eigenvalue weighted by Gasteiger charge is -2.13. The zero-order valence-corrected chi connectivity index (χ0v) is 7.86. The molecule has 0 aromatic carbocycles. The Morgan fingerprint density at radius 3 is 2.92 bits per heavy atom. The molecule has 1 unspecified atom stereocenters. The number of nitrogens with zero attached hydrogens (tertiary/aromatic N) is 3. The Morgan fingerprint density at radius 1 is 1.46 bits per heavy atom. The SMILES string of the molecule is Cc1cncc(N2C=C[NH+](C)C2)n1. The van der Waals surface area contributed by atoms with Gasteiger partial charge in [0.25, 0.3) is 0 Å². The second-order valence-electron chi connectivity index (χ2n) is 3.31. The summed E-state index contributed by atoms with van der Waals surface area (Å²) in [6.45, 7) is 2.88. The van der Waals surface area contributed by atoms with Crippen LogP contribution in [0.4, 0.5) is 5.82 Å². The van der Waals surface area contributed by atoms with Crippen LogP contribution in [-0.4, -0.2) is 23.7 Å². The third-order valence-corrected chi connectivity index (χ3v) is 2.00. The fourth-order valence-corrected chi connectivity index (χ4v) is 1.34. The minimum absolute atomic E-state index is 0.924. The fourth-order valence-electron chi connectivity index (χ4n) is 1.34. The van der Waals surface area contributed by atoms with E-state index in [2.05, 4.69) is 28.1 Å². The number of aromatic nitrogens is 2. The molecule has 1 N–H and O–H groups in total. The molecule has 0 bridgehead atoms. The molecule has 0 spiro atoms. The summed E-state index contributed by atoms with van der Waals surface area (Å²) < 4.78 is 0. The first-order valence-corrected chi connectivity index (χ1v) is 4.31. The van der Waals surface area contributed by atoms with E-state index >= 15 is 0 Å². The van der Waals surface area contributed by atoms with Crippen molar-refractivity contribution in [3.63, 3.8) is 0 Å². The van der Waals surface area contributed by atoms with Crippen LogP contribution in [0.5, 0.6) is 0 Å². The molecule has 0 amide bonds. The molecule has 0 aliphatic carbocycles. The van der Waals surface area contributed by atoms with Crippen molar-refractivity contribution in [1.29, 1.82) is 0 Å². The van der Waals surface area contributed by atoms with Crippen LogP contribution in [0, 0.1) is 6.92 Å². The number of quaternary nitrogens is 1. The van der Waals surface area contributed by atoms with Crippen LogP contribution < -0.4 is 9.80 Å². The molecular weight excluding hydrogens is 164 g/mol. The average molecular weight is 177 g/mol. The van der Waals surface area contributed by atoms with Gasteiger partial charge in [-0.3, -0.25) is 14.8 Å². The number of rotatable bonds is 1. The topological polar surface area (TPSA) is 33.5 Å². The molecule has 68 valence electrons. The highest BCUT2D eigenvalue weighted by Gasteiger charge is 2.15. The fraction of sp³-hybridized carbons (Fsp3) is 0.333. The van der Waals surface area contributed by atoms with Gasteiger partial charge in [-0.1, -0.05) is 0 Å². The van der Waals surface area contributed by atoms with Gasteiger partial charge in [-0.05, 0) is 6.92 Å². The summed E-state index contributed by atoms with van der Waals surface area (Å²) >= 11 is 0. The van der Waals surface area contributed by atoms with E-state index in [1.54, 1.807) is 12.4 Å². The van der Waals surface area contributed by atoms with Crippen molar-refractivity contribution >= 4 is 5.82 Å². The van der Waals surface area contributed by atoms with E-state index in [0.717, 1.165) is 18.2 Å². The summed E-state index contributed by atoms with van der Waals surface area (Å²) in [5.41, 5.74) is 0.954. The zero-order valence-electron chi connectivity index (χ0n) is 7.86. The molecule has 0 saturated heterocycles. The lowest BCUT2D eigenvalue weighted by molar-refractivity contribution is -0.817. The highest BCUT2D eigenvalue weighted by molar-refractivity contribution is 5.39. The maximum Gasteiger partial charge on any atom is 0.162 e. The highest BCUT2D eigenvalue weighted by Crippen LogP contribution is 2.09. The van der Waals surface area contributed by atoms with Gasteiger partial charge in [0.15, 0.2) is 12.5 Å². The van der Waals surface area contributed by atoms with Crippen molar-refractivity contribution in [2.24, 2.45) is 0 Å². The Bertz CT molecular complexity index is 334. The maximum absolute atomic E-state index is 4.39. The van der Waals surface area contributed by atoms with Gasteiger partial charge < -0.3 is 0 Å². The molecule has 2 heterocycles. The summed E-state index contributed by atoms with van der Waals surface area (Å²) in [7, 11) is 2.11. The Balaban J connectivity index is 2.22. The lowest BCUT2D eigenvalue weighted by atomic mass is 10.5. The molecule has 1 aromatic rings. The Hall–Kier alpha value is -1.42. The van der Waals surface area contributed by atoms with Crippen molar-refractivity contribution in [2.45, 2.75) is 6.92 Å². The van der Waals surface area contributed by atoms with Crippen molar-refractivity contribution in [3.05, 3.63) is 30.5 Å². The van der Waals surface area contributed by atoms with E-state index in [9.17, 15) is 0 Å². The maximum atomic E-state index is 4.39. The van der Waals surface area contributed by atoms with E-state index < -0.39 is 0 Å². The van der Waals surface area contributed by atoms with Crippen molar-refractivity contribution < 1.29 is 4.90 Å². The molecule has 1 aliphatic heterocycles. The van der Waals surface area contributed by atoms with Gasteiger partial charge in [0.2, 0.25) is 0 Å². The van der Waals surface area contributed by atoms with Crippen LogP contribution in [0.25, 0.3) is 0 Å². The third-order valence-electron chi connectivity index (χ3n) is 2.00. The average Bonchev–Trinajstić information content (AvgIpc) is 2.52. The first-order valence-electron chi connectivity index (χ1n) is 4.31. The number of aryl methyl sites for hydroxylation is 1. The highest BCUT2D eigenvalue weighted by atomic mass is 15.3. The minimum atomic E-state index is 0.924. The number of anilines is 1. The first-order chi connectivity index (χ1) is 6.25. The van der Waals surface area contributed by atoms with E-state index in [0.29, 0.717) is 0 Å². The van der Waals surface area contributed by atoms with Crippen molar-refractivity contribution in [2.75, 3.05) is 18.6 Å². The molecule has 4 heteroatoms. The molecule has 2 rings (SSSR count). The predicted molar refractivity (Wildman–Crippen MR) is 50.1 cm³/mol. The van der Waals surface area contributed by atoms with Gasteiger partial charge in [0.05, 0.1) is 25.1 Å².